The van der Waals surface area contributed by atoms with Gasteiger partial charge in [0.2, 0.25) is 0 Å². The average Bonchev–Trinajstić information content (AvgIpc) is 2.15. The van der Waals surface area contributed by atoms with Gasteiger partial charge in [0.05, 0.1) is 11.0 Å². The number of aliphatic imine (C=N–C) groups is 1. The van der Waals surface area contributed by atoms with Gasteiger partial charge in [-0.25, -0.2) is 4.99 Å². The molecule has 1 aliphatic rings. The summed E-state index contributed by atoms with van der Waals surface area (Å²) in [5.41, 5.74) is 0.141. The average molecular weight is 206 g/mol. The molecule has 0 amide bonds. The van der Waals surface area contributed by atoms with Gasteiger partial charge in [-0.1, -0.05) is 0 Å². The second kappa shape index (κ2) is 3.05. The van der Waals surface area contributed by atoms with Crippen molar-refractivity contribution in [3.05, 3.63) is 33.9 Å². The standard InChI is InChI=1S/C10H10N2O3/c1-10(2)11-6-7-3-4-8(12(13)14)5-9(7)15-10/h3-6H,1-2H3. The molecule has 1 heterocycles. The van der Waals surface area contributed by atoms with Crippen LogP contribution in [-0.2, 0) is 0 Å². The largest absolute Gasteiger partial charge is 0.466 e. The Morgan fingerprint density at radius 3 is 2.87 bits per heavy atom. The van der Waals surface area contributed by atoms with Crippen molar-refractivity contribution in [1.29, 1.82) is 0 Å². The Kier molecular flexibility index (Phi) is 1.96. The molecule has 0 unspecified atom stereocenters. The van der Waals surface area contributed by atoms with Crippen LogP contribution < -0.4 is 4.74 Å². The number of nitro groups is 1. The van der Waals surface area contributed by atoms with Crippen molar-refractivity contribution in [3.63, 3.8) is 0 Å². The molecular formula is C10H10N2O3. The van der Waals surface area contributed by atoms with Gasteiger partial charge in [-0.05, 0) is 19.9 Å². The van der Waals surface area contributed by atoms with Gasteiger partial charge in [0, 0.05) is 17.8 Å². The van der Waals surface area contributed by atoms with E-state index in [1.807, 2.05) is 0 Å². The first-order chi connectivity index (χ1) is 6.98. The summed E-state index contributed by atoms with van der Waals surface area (Å²) in [5.74, 6) is 0.504. The molecule has 0 spiro atoms. The summed E-state index contributed by atoms with van der Waals surface area (Å²) in [6, 6.07) is 4.49. The van der Waals surface area contributed by atoms with Crippen molar-refractivity contribution in [1.82, 2.24) is 0 Å². The van der Waals surface area contributed by atoms with E-state index in [2.05, 4.69) is 4.99 Å². The topological polar surface area (TPSA) is 64.7 Å². The Hall–Kier alpha value is -1.91. The number of non-ortho nitro benzene ring substituents is 1. The van der Waals surface area contributed by atoms with E-state index in [9.17, 15) is 10.1 Å². The number of hydrogen-bond acceptors (Lipinski definition) is 4. The normalized spacial score (nSPS) is 16.7. The molecule has 15 heavy (non-hydrogen) atoms. The van der Waals surface area contributed by atoms with Crippen LogP contribution in [0.25, 0.3) is 0 Å². The zero-order valence-electron chi connectivity index (χ0n) is 8.43. The predicted octanol–water partition coefficient (Wildman–Crippen LogP) is 2.14. The van der Waals surface area contributed by atoms with E-state index >= 15 is 0 Å². The molecule has 5 heteroatoms. The zero-order chi connectivity index (χ0) is 11.1. The van der Waals surface area contributed by atoms with Gasteiger partial charge in [-0.15, -0.1) is 0 Å². The fourth-order valence-corrected chi connectivity index (χ4v) is 1.35. The number of nitro benzene ring substituents is 1. The highest BCUT2D eigenvalue weighted by Crippen LogP contribution is 2.30. The van der Waals surface area contributed by atoms with Crippen LogP contribution in [0.4, 0.5) is 5.69 Å². The molecule has 0 aromatic heterocycles. The fraction of sp³-hybridized carbons (Fsp3) is 0.300. The third kappa shape index (κ3) is 1.81. The first kappa shape index (κ1) is 9.64. The summed E-state index contributed by atoms with van der Waals surface area (Å²) in [7, 11) is 0. The van der Waals surface area contributed by atoms with Crippen LogP contribution >= 0.6 is 0 Å². The SMILES string of the molecule is CC1(C)N=Cc2ccc([N+](=O)[O-])cc2O1. The minimum absolute atomic E-state index is 0.0276. The fourth-order valence-electron chi connectivity index (χ4n) is 1.35. The molecule has 1 aliphatic heterocycles. The second-order valence-electron chi connectivity index (χ2n) is 3.79. The van der Waals surface area contributed by atoms with Crippen molar-refractivity contribution in [2.75, 3.05) is 0 Å². The quantitative estimate of drug-likeness (QED) is 0.522. The summed E-state index contributed by atoms with van der Waals surface area (Å²) >= 11 is 0. The van der Waals surface area contributed by atoms with E-state index in [0.29, 0.717) is 5.75 Å². The maximum Gasteiger partial charge on any atom is 0.273 e. The van der Waals surface area contributed by atoms with Crippen LogP contribution in [0.5, 0.6) is 5.75 Å². The number of hydrogen-bond donors (Lipinski definition) is 0. The van der Waals surface area contributed by atoms with Gasteiger partial charge >= 0.3 is 0 Å². The third-order valence-corrected chi connectivity index (χ3v) is 2.08. The highest BCUT2D eigenvalue weighted by atomic mass is 16.6. The highest BCUT2D eigenvalue weighted by Gasteiger charge is 2.24. The molecule has 0 atom stereocenters. The molecule has 78 valence electrons. The summed E-state index contributed by atoms with van der Waals surface area (Å²) < 4.78 is 5.51. The summed E-state index contributed by atoms with van der Waals surface area (Å²) in [4.78, 5) is 14.3. The maximum absolute atomic E-state index is 10.6. The molecule has 0 N–H and O–H groups in total. The Bertz CT molecular complexity index is 452. The van der Waals surface area contributed by atoms with Crippen LogP contribution in [0, 0.1) is 10.1 Å². The number of ether oxygens (including phenoxy) is 1. The lowest BCUT2D eigenvalue weighted by atomic mass is 10.1. The number of fused-ring (bicyclic) bond motifs is 1. The molecule has 2 rings (SSSR count). The monoisotopic (exact) mass is 206 g/mol. The molecular weight excluding hydrogens is 196 g/mol. The first-order valence-corrected chi connectivity index (χ1v) is 4.51. The molecule has 0 radical (unpaired) electrons. The van der Waals surface area contributed by atoms with Gasteiger partial charge < -0.3 is 4.74 Å². The number of benzene rings is 1. The molecule has 0 fully saturated rings. The minimum atomic E-state index is -0.651. The molecule has 0 saturated heterocycles. The molecule has 1 aromatic carbocycles. The van der Waals surface area contributed by atoms with Gasteiger partial charge in [0.25, 0.3) is 5.69 Å². The van der Waals surface area contributed by atoms with Gasteiger partial charge in [-0.2, -0.15) is 0 Å². The minimum Gasteiger partial charge on any atom is -0.466 e. The van der Waals surface area contributed by atoms with E-state index in [4.69, 9.17) is 4.74 Å². The van der Waals surface area contributed by atoms with E-state index < -0.39 is 10.6 Å². The molecule has 5 nitrogen and oxygen atoms in total. The van der Waals surface area contributed by atoms with Gasteiger partial charge in [-0.3, -0.25) is 10.1 Å². The van der Waals surface area contributed by atoms with Gasteiger partial charge in [0.15, 0.2) is 5.72 Å². The van der Waals surface area contributed by atoms with Crippen molar-refractivity contribution < 1.29 is 9.66 Å². The third-order valence-electron chi connectivity index (χ3n) is 2.08. The Morgan fingerprint density at radius 2 is 2.20 bits per heavy atom. The Labute approximate surface area is 86.5 Å². The molecule has 0 aliphatic carbocycles. The summed E-state index contributed by atoms with van der Waals surface area (Å²) in [6.07, 6.45) is 1.67. The zero-order valence-corrected chi connectivity index (χ0v) is 8.43. The smallest absolute Gasteiger partial charge is 0.273 e. The van der Waals surface area contributed by atoms with Crippen LogP contribution in [0.15, 0.2) is 23.2 Å². The summed E-state index contributed by atoms with van der Waals surface area (Å²) in [6.45, 7) is 3.59. The first-order valence-electron chi connectivity index (χ1n) is 4.51. The van der Waals surface area contributed by atoms with Crippen molar-refractivity contribution in [2.45, 2.75) is 19.6 Å². The van der Waals surface area contributed by atoms with E-state index in [1.54, 1.807) is 26.1 Å². The lowest BCUT2D eigenvalue weighted by Crippen LogP contribution is -2.28. The molecule has 0 saturated carbocycles. The van der Waals surface area contributed by atoms with Crippen molar-refractivity contribution >= 4 is 11.9 Å². The Balaban J connectivity index is 2.46. The number of nitrogens with zero attached hydrogens (tertiary/aromatic N) is 2. The van der Waals surface area contributed by atoms with Crippen LogP contribution in [-0.4, -0.2) is 16.9 Å². The van der Waals surface area contributed by atoms with Crippen molar-refractivity contribution in [3.8, 4) is 5.75 Å². The Morgan fingerprint density at radius 1 is 1.47 bits per heavy atom. The maximum atomic E-state index is 10.6. The van der Waals surface area contributed by atoms with Crippen LogP contribution in [0.3, 0.4) is 0 Å². The summed E-state index contributed by atoms with van der Waals surface area (Å²) in [5, 5.41) is 10.6. The molecule has 0 bridgehead atoms. The molecule has 1 aromatic rings. The van der Waals surface area contributed by atoms with Crippen molar-refractivity contribution in [2.24, 2.45) is 4.99 Å². The second-order valence-corrected chi connectivity index (χ2v) is 3.79. The van der Waals surface area contributed by atoms with E-state index in [0.717, 1.165) is 5.56 Å². The lowest BCUT2D eigenvalue weighted by molar-refractivity contribution is -0.385. The van der Waals surface area contributed by atoms with Gasteiger partial charge in [0.1, 0.15) is 5.75 Å². The van der Waals surface area contributed by atoms with E-state index in [-0.39, 0.29) is 5.69 Å². The number of rotatable bonds is 1. The van der Waals surface area contributed by atoms with Crippen LogP contribution in [0.2, 0.25) is 0 Å². The van der Waals surface area contributed by atoms with E-state index in [1.165, 1.54) is 12.1 Å². The van der Waals surface area contributed by atoms with Crippen LogP contribution in [0.1, 0.15) is 19.4 Å². The highest BCUT2D eigenvalue weighted by molar-refractivity contribution is 5.85. The lowest BCUT2D eigenvalue weighted by Gasteiger charge is -2.26. The predicted molar refractivity (Wildman–Crippen MR) is 55.4 cm³/mol.